The lowest BCUT2D eigenvalue weighted by Crippen LogP contribution is -1.85. The lowest BCUT2D eigenvalue weighted by Gasteiger charge is -1.94. The topological polar surface area (TPSA) is 15.8 Å². The highest BCUT2D eigenvalue weighted by Crippen LogP contribution is 2.06. The van der Waals surface area contributed by atoms with E-state index in [1.54, 1.807) is 0 Å². The molecule has 1 aromatic heterocycles. The van der Waals surface area contributed by atoms with Crippen molar-refractivity contribution in [1.82, 2.24) is 4.98 Å². The van der Waals surface area contributed by atoms with Gasteiger partial charge in [0, 0.05) is 13.3 Å². The van der Waals surface area contributed by atoms with Gasteiger partial charge in [0.15, 0.2) is 0 Å². The van der Waals surface area contributed by atoms with Crippen molar-refractivity contribution in [3.05, 3.63) is 23.5 Å². The van der Waals surface area contributed by atoms with Crippen LogP contribution in [0.1, 0.15) is 26.5 Å². The van der Waals surface area contributed by atoms with Gasteiger partial charge in [-0.1, -0.05) is 13.8 Å². The highest BCUT2D eigenvalue weighted by atomic mass is 14.7. The molecule has 0 saturated heterocycles. The molecule has 1 heterocycles. The Hall–Kier alpha value is -0.720. The number of H-pyrrole nitrogens is 1. The summed E-state index contributed by atoms with van der Waals surface area (Å²) >= 11 is 0. The molecule has 0 spiro atoms. The first-order valence-electron chi connectivity index (χ1n) is 3.53. The van der Waals surface area contributed by atoms with E-state index < -0.39 is 0 Å². The third kappa shape index (κ3) is 1.15. The number of rotatable bonds is 2. The molecule has 0 aromatic carbocycles. The predicted molar refractivity (Wildman–Crippen MR) is 41.7 cm³/mol. The van der Waals surface area contributed by atoms with Gasteiger partial charge in [0.05, 0.1) is 0 Å². The van der Waals surface area contributed by atoms with Crippen molar-refractivity contribution in [2.45, 2.75) is 26.7 Å². The smallest absolute Gasteiger partial charge is 0.0176 e. The van der Waals surface area contributed by atoms with Gasteiger partial charge in [-0.05, 0) is 24.5 Å². The van der Waals surface area contributed by atoms with E-state index in [4.69, 9.17) is 0 Å². The van der Waals surface area contributed by atoms with Crippen molar-refractivity contribution in [3.63, 3.8) is 0 Å². The predicted octanol–water partition coefficient (Wildman–Crippen LogP) is 2.39. The third-order valence-electron chi connectivity index (χ3n) is 1.66. The fourth-order valence-electron chi connectivity index (χ4n) is 1.10. The van der Waals surface area contributed by atoms with E-state index in [0.29, 0.717) is 0 Å². The van der Waals surface area contributed by atoms with Gasteiger partial charge in [0.25, 0.3) is 0 Å². The Kier molecular flexibility index (Phi) is 1.93. The summed E-state index contributed by atoms with van der Waals surface area (Å²) in [5, 5.41) is 0. The highest BCUT2D eigenvalue weighted by molar-refractivity contribution is 5.19. The average Bonchev–Trinajstić information content (AvgIpc) is 2.33. The van der Waals surface area contributed by atoms with Crippen LogP contribution in [0, 0.1) is 0 Å². The van der Waals surface area contributed by atoms with Crippen LogP contribution in [0.4, 0.5) is 0 Å². The quantitative estimate of drug-likeness (QED) is 0.624. The van der Waals surface area contributed by atoms with Gasteiger partial charge in [0.2, 0.25) is 0 Å². The van der Waals surface area contributed by atoms with Crippen LogP contribution in [0.15, 0.2) is 12.3 Å². The summed E-state index contributed by atoms with van der Waals surface area (Å²) in [6.45, 7) is 4.35. The van der Waals surface area contributed by atoms with E-state index in [1.807, 2.05) is 6.20 Å². The minimum absolute atomic E-state index is 0. The molecule has 1 N–H and O–H groups in total. The van der Waals surface area contributed by atoms with Crippen LogP contribution >= 0.6 is 0 Å². The zero-order valence-corrected chi connectivity index (χ0v) is 6.07. The number of hydrogen-bond acceptors (Lipinski definition) is 0. The molecule has 0 radical (unpaired) electrons. The molecule has 0 aliphatic heterocycles. The van der Waals surface area contributed by atoms with E-state index >= 15 is 0 Å². The summed E-state index contributed by atoms with van der Waals surface area (Å²) in [5.41, 5.74) is 2.84. The van der Waals surface area contributed by atoms with Crippen molar-refractivity contribution in [2.24, 2.45) is 0 Å². The molecule has 0 fully saturated rings. The zero-order valence-electron chi connectivity index (χ0n) is 6.07. The lowest BCUT2D eigenvalue weighted by atomic mass is 10.2. The Morgan fingerprint density at radius 3 is 2.67 bits per heavy atom. The molecule has 1 rings (SSSR count). The fraction of sp³-hybridized carbons (Fsp3) is 0.500. The fourth-order valence-corrected chi connectivity index (χ4v) is 1.10. The first kappa shape index (κ1) is 6.40. The molecule has 0 unspecified atom stereocenters. The van der Waals surface area contributed by atoms with Crippen molar-refractivity contribution in [3.8, 4) is 0 Å². The highest BCUT2D eigenvalue weighted by Gasteiger charge is 1.95. The Morgan fingerprint density at radius 2 is 2.22 bits per heavy atom. The molecular formula is C8H15N. The molecule has 1 nitrogen and oxygen atoms in total. The molecule has 0 atom stereocenters. The van der Waals surface area contributed by atoms with E-state index in [0.717, 1.165) is 12.8 Å². The second kappa shape index (κ2) is 2.72. The summed E-state index contributed by atoms with van der Waals surface area (Å²) < 4.78 is 0. The number of nitrogens with one attached hydrogen (secondary N) is 1. The van der Waals surface area contributed by atoms with E-state index in [9.17, 15) is 0 Å². The summed E-state index contributed by atoms with van der Waals surface area (Å²) in [6.07, 6.45) is 4.28. The Balaban J connectivity index is 0.000000810. The minimum atomic E-state index is 0. The van der Waals surface area contributed by atoms with Gasteiger partial charge in [-0.2, -0.15) is 0 Å². The number of aryl methyl sites for hydroxylation is 2. The van der Waals surface area contributed by atoms with E-state index in [2.05, 4.69) is 24.9 Å². The van der Waals surface area contributed by atoms with Crippen molar-refractivity contribution in [1.29, 1.82) is 0 Å². The largest absolute Gasteiger partial charge is 0.365 e. The first-order valence-corrected chi connectivity index (χ1v) is 3.53. The first-order chi connectivity index (χ1) is 4.38. The number of aromatic nitrogens is 1. The normalized spacial score (nSPS) is 10.0. The molecule has 52 valence electrons. The maximum Gasteiger partial charge on any atom is 0.0176 e. The number of aromatic amines is 1. The van der Waals surface area contributed by atoms with Gasteiger partial charge >= 0.3 is 0 Å². The summed E-state index contributed by atoms with van der Waals surface area (Å²) in [7, 11) is 0. The SMILES string of the molecule is CCc1cc[nH]c1CC.[HH]. The van der Waals surface area contributed by atoms with E-state index in [-0.39, 0.29) is 1.43 Å². The van der Waals surface area contributed by atoms with Crippen molar-refractivity contribution in [2.75, 3.05) is 0 Å². The minimum Gasteiger partial charge on any atom is -0.365 e. The number of hydrogen-bond donors (Lipinski definition) is 1. The second-order valence-electron chi connectivity index (χ2n) is 2.19. The van der Waals surface area contributed by atoms with Crippen LogP contribution in [-0.4, -0.2) is 4.98 Å². The van der Waals surface area contributed by atoms with Crippen LogP contribution < -0.4 is 0 Å². The molecule has 0 aliphatic carbocycles. The molecular weight excluding hydrogens is 110 g/mol. The van der Waals surface area contributed by atoms with Gasteiger partial charge in [-0.25, -0.2) is 0 Å². The second-order valence-corrected chi connectivity index (χ2v) is 2.19. The molecule has 0 amide bonds. The molecule has 0 aliphatic rings. The average molecular weight is 125 g/mol. The molecule has 1 heteroatoms. The zero-order chi connectivity index (χ0) is 6.69. The van der Waals surface area contributed by atoms with Crippen LogP contribution in [0.5, 0.6) is 0 Å². The maximum atomic E-state index is 3.21. The van der Waals surface area contributed by atoms with Crippen LogP contribution in [0.3, 0.4) is 0 Å². The Bertz CT molecular complexity index is 163. The van der Waals surface area contributed by atoms with Gasteiger partial charge in [0.1, 0.15) is 0 Å². The monoisotopic (exact) mass is 125 g/mol. The van der Waals surface area contributed by atoms with Crippen LogP contribution in [0.25, 0.3) is 0 Å². The van der Waals surface area contributed by atoms with Crippen LogP contribution in [-0.2, 0) is 12.8 Å². The van der Waals surface area contributed by atoms with Crippen molar-refractivity contribution < 1.29 is 1.43 Å². The summed E-state index contributed by atoms with van der Waals surface area (Å²) in [5.74, 6) is 0. The molecule has 1 aromatic rings. The Labute approximate surface area is 57.6 Å². The molecule has 0 bridgehead atoms. The van der Waals surface area contributed by atoms with E-state index in [1.165, 1.54) is 11.3 Å². The van der Waals surface area contributed by atoms with Gasteiger partial charge in [-0.3, -0.25) is 0 Å². The lowest BCUT2D eigenvalue weighted by molar-refractivity contribution is 1.00. The summed E-state index contributed by atoms with van der Waals surface area (Å²) in [6, 6.07) is 2.15. The molecule has 9 heavy (non-hydrogen) atoms. The standard InChI is InChI=1S/C8H13N.H2/c1-3-7-5-6-9-8(7)4-2;/h5-6,9H,3-4H2,1-2H3;1H. The maximum absolute atomic E-state index is 3.21. The summed E-state index contributed by atoms with van der Waals surface area (Å²) in [4.78, 5) is 3.21. The van der Waals surface area contributed by atoms with Gasteiger partial charge < -0.3 is 4.98 Å². The van der Waals surface area contributed by atoms with Crippen LogP contribution in [0.2, 0.25) is 0 Å². The Morgan fingerprint density at radius 1 is 1.44 bits per heavy atom. The third-order valence-corrected chi connectivity index (χ3v) is 1.66. The van der Waals surface area contributed by atoms with Crippen molar-refractivity contribution >= 4 is 0 Å². The van der Waals surface area contributed by atoms with Gasteiger partial charge in [-0.15, -0.1) is 0 Å². The molecule has 0 saturated carbocycles.